The third-order valence-corrected chi connectivity index (χ3v) is 11.8. The fourth-order valence-electron chi connectivity index (χ4n) is 8.70. The number of fused-ring (bicyclic) bond motifs is 3. The van der Waals surface area contributed by atoms with Gasteiger partial charge in [-0.3, -0.25) is 0 Å². The second-order valence-corrected chi connectivity index (χ2v) is 15.9. The van der Waals surface area contributed by atoms with Crippen molar-refractivity contribution in [3.63, 3.8) is 0 Å². The third-order valence-electron chi connectivity index (χ3n) is 11.8. The minimum absolute atomic E-state index is 0.710. The van der Waals surface area contributed by atoms with Gasteiger partial charge >= 0.3 is 0 Å². The molecule has 64 heavy (non-hydrogen) atoms. The summed E-state index contributed by atoms with van der Waals surface area (Å²) in [4.78, 5) is 14.8. The fraction of sp³-hybridized carbons (Fsp3) is 0. The van der Waals surface area contributed by atoms with E-state index in [4.69, 9.17) is 9.97 Å². The maximum Gasteiger partial charge on any atom is 0.160 e. The van der Waals surface area contributed by atoms with E-state index in [0.717, 1.165) is 78.7 Å². The van der Waals surface area contributed by atoms with Gasteiger partial charge in [-0.25, -0.2) is 9.97 Å². The van der Waals surface area contributed by atoms with E-state index in [1.807, 2.05) is 24.3 Å². The standard InChI is InChI=1S/C60H42N4/c1-7-19-43(20-8-1)58-42-59(62-60(61-58)44-21-9-2-10-22-44)48-34-36-57-47(38-48)32-31-46-37-45(33-35-56(46)57)49-39-54(63(50-23-11-3-12-24-50)51-25-13-4-14-26-51)41-55(40-49)64(52-27-15-5-16-28-52)53-29-17-6-18-30-53/h1-42H. The predicted octanol–water partition coefficient (Wildman–Crippen LogP) is 16.4. The van der Waals surface area contributed by atoms with Crippen molar-refractivity contribution < 1.29 is 0 Å². The van der Waals surface area contributed by atoms with Crippen LogP contribution in [0.1, 0.15) is 0 Å². The van der Waals surface area contributed by atoms with Crippen molar-refractivity contribution in [3.8, 4) is 45.0 Å². The van der Waals surface area contributed by atoms with Crippen molar-refractivity contribution in [2.45, 2.75) is 0 Å². The van der Waals surface area contributed by atoms with Crippen molar-refractivity contribution in [1.82, 2.24) is 9.97 Å². The van der Waals surface area contributed by atoms with Gasteiger partial charge in [0, 0.05) is 50.8 Å². The molecule has 4 nitrogen and oxygen atoms in total. The molecular formula is C60H42N4. The van der Waals surface area contributed by atoms with Gasteiger partial charge in [0.2, 0.25) is 0 Å². The first-order valence-electron chi connectivity index (χ1n) is 21.6. The minimum atomic E-state index is 0.710. The lowest BCUT2D eigenvalue weighted by molar-refractivity contribution is 1.18. The molecule has 0 fully saturated rings. The Kier molecular flexibility index (Phi) is 10.2. The molecule has 1 heterocycles. The van der Waals surface area contributed by atoms with Crippen LogP contribution in [0.25, 0.3) is 66.6 Å². The lowest BCUT2D eigenvalue weighted by atomic mass is 9.95. The van der Waals surface area contributed by atoms with Gasteiger partial charge in [0.25, 0.3) is 0 Å². The fourth-order valence-corrected chi connectivity index (χ4v) is 8.70. The highest BCUT2D eigenvalue weighted by Gasteiger charge is 2.20. The number of nitrogens with zero attached hydrogens (tertiary/aromatic N) is 4. The molecule has 0 spiro atoms. The second kappa shape index (κ2) is 17.0. The summed E-state index contributed by atoms with van der Waals surface area (Å²) in [5, 5.41) is 4.73. The van der Waals surface area contributed by atoms with E-state index in [2.05, 4.69) is 240 Å². The SMILES string of the molecule is c1ccc(-c2cc(-c3ccc4c(ccc5cc(-c6cc(N(c7ccccc7)c7ccccc7)cc(N(c7ccccc7)c7ccccc7)c6)ccc54)c3)nc(-c3ccccc3)n2)cc1. The average molecular weight is 819 g/mol. The Balaban J connectivity index is 1.04. The Morgan fingerprint density at radius 1 is 0.234 bits per heavy atom. The molecule has 0 atom stereocenters. The maximum atomic E-state index is 5.11. The summed E-state index contributed by atoms with van der Waals surface area (Å²) in [5.41, 5.74) is 13.6. The smallest absolute Gasteiger partial charge is 0.160 e. The first-order chi connectivity index (χ1) is 31.7. The van der Waals surface area contributed by atoms with E-state index in [-0.39, 0.29) is 0 Å². The first-order valence-corrected chi connectivity index (χ1v) is 21.6. The van der Waals surface area contributed by atoms with Crippen LogP contribution in [0.3, 0.4) is 0 Å². The van der Waals surface area contributed by atoms with Crippen molar-refractivity contribution in [1.29, 1.82) is 0 Å². The molecule has 0 amide bonds. The van der Waals surface area contributed by atoms with Crippen LogP contribution < -0.4 is 9.80 Å². The monoisotopic (exact) mass is 818 g/mol. The molecule has 0 N–H and O–H groups in total. The van der Waals surface area contributed by atoms with Gasteiger partial charge in [-0.1, -0.05) is 170 Å². The van der Waals surface area contributed by atoms with Crippen LogP contribution in [-0.2, 0) is 0 Å². The highest BCUT2D eigenvalue weighted by Crippen LogP contribution is 2.44. The predicted molar refractivity (Wildman–Crippen MR) is 268 cm³/mol. The van der Waals surface area contributed by atoms with Gasteiger partial charge in [0.15, 0.2) is 5.82 Å². The first kappa shape index (κ1) is 38.3. The maximum absolute atomic E-state index is 5.11. The van der Waals surface area contributed by atoms with E-state index in [1.165, 1.54) is 16.2 Å². The van der Waals surface area contributed by atoms with Crippen molar-refractivity contribution >= 4 is 55.7 Å². The number of para-hydroxylation sites is 4. The van der Waals surface area contributed by atoms with E-state index < -0.39 is 0 Å². The third kappa shape index (κ3) is 7.65. The molecule has 0 bridgehead atoms. The molecule has 4 heteroatoms. The quantitative estimate of drug-likeness (QED) is 0.129. The van der Waals surface area contributed by atoms with Crippen LogP contribution >= 0.6 is 0 Å². The summed E-state index contributed by atoms with van der Waals surface area (Å²) in [7, 11) is 0. The summed E-state index contributed by atoms with van der Waals surface area (Å²) in [5.74, 6) is 0.710. The zero-order chi connectivity index (χ0) is 42.7. The zero-order valence-corrected chi connectivity index (χ0v) is 35.0. The van der Waals surface area contributed by atoms with E-state index >= 15 is 0 Å². The van der Waals surface area contributed by atoms with Gasteiger partial charge in [0.1, 0.15) is 0 Å². The number of benzene rings is 10. The largest absolute Gasteiger partial charge is 0.310 e. The van der Waals surface area contributed by atoms with Crippen LogP contribution in [0.5, 0.6) is 0 Å². The summed E-state index contributed by atoms with van der Waals surface area (Å²) < 4.78 is 0. The van der Waals surface area contributed by atoms with Crippen molar-refractivity contribution in [3.05, 3.63) is 255 Å². The molecular weight excluding hydrogens is 777 g/mol. The Morgan fingerprint density at radius 3 is 1.06 bits per heavy atom. The van der Waals surface area contributed by atoms with Crippen LogP contribution in [0.4, 0.5) is 34.1 Å². The van der Waals surface area contributed by atoms with Crippen molar-refractivity contribution in [2.24, 2.45) is 0 Å². The van der Waals surface area contributed by atoms with E-state index in [0.29, 0.717) is 5.82 Å². The molecule has 0 aliphatic rings. The molecule has 11 aromatic rings. The molecule has 0 saturated carbocycles. The number of hydrogen-bond donors (Lipinski definition) is 0. The Labute approximate surface area is 373 Å². The number of aromatic nitrogens is 2. The second-order valence-electron chi connectivity index (χ2n) is 15.9. The van der Waals surface area contributed by atoms with Gasteiger partial charge < -0.3 is 9.80 Å². The summed E-state index contributed by atoms with van der Waals surface area (Å²) in [6.45, 7) is 0. The van der Waals surface area contributed by atoms with E-state index in [1.54, 1.807) is 0 Å². The summed E-state index contributed by atoms with van der Waals surface area (Å²) in [6, 6.07) is 90.2. The molecule has 0 radical (unpaired) electrons. The Morgan fingerprint density at radius 2 is 0.609 bits per heavy atom. The van der Waals surface area contributed by atoms with Crippen molar-refractivity contribution in [2.75, 3.05) is 9.80 Å². The van der Waals surface area contributed by atoms with Gasteiger partial charge in [-0.2, -0.15) is 0 Å². The van der Waals surface area contributed by atoms with Gasteiger partial charge in [0.05, 0.1) is 11.4 Å². The van der Waals surface area contributed by atoms with Gasteiger partial charge in [-0.05, 0) is 118 Å². The summed E-state index contributed by atoms with van der Waals surface area (Å²) in [6.07, 6.45) is 0. The van der Waals surface area contributed by atoms with Crippen LogP contribution in [0.2, 0.25) is 0 Å². The normalized spacial score (nSPS) is 11.1. The highest BCUT2D eigenvalue weighted by molar-refractivity contribution is 6.09. The number of anilines is 6. The highest BCUT2D eigenvalue weighted by atomic mass is 15.2. The lowest BCUT2D eigenvalue weighted by Gasteiger charge is -2.30. The lowest BCUT2D eigenvalue weighted by Crippen LogP contribution is -2.13. The molecule has 0 aliphatic heterocycles. The minimum Gasteiger partial charge on any atom is -0.310 e. The summed E-state index contributed by atoms with van der Waals surface area (Å²) >= 11 is 0. The van der Waals surface area contributed by atoms with E-state index in [9.17, 15) is 0 Å². The Bertz CT molecular complexity index is 3120. The Hall–Kier alpha value is -8.60. The molecule has 302 valence electrons. The number of rotatable bonds is 10. The molecule has 10 aromatic carbocycles. The van der Waals surface area contributed by atoms with Crippen LogP contribution in [-0.4, -0.2) is 9.97 Å². The molecule has 0 unspecified atom stereocenters. The molecule has 11 rings (SSSR count). The molecule has 0 aliphatic carbocycles. The zero-order valence-electron chi connectivity index (χ0n) is 35.0. The average Bonchev–Trinajstić information content (AvgIpc) is 3.38. The van der Waals surface area contributed by atoms with Gasteiger partial charge in [-0.15, -0.1) is 0 Å². The molecule has 1 aromatic heterocycles. The van der Waals surface area contributed by atoms with Crippen LogP contribution in [0, 0.1) is 0 Å². The topological polar surface area (TPSA) is 32.3 Å². The molecule has 0 saturated heterocycles. The van der Waals surface area contributed by atoms with Crippen LogP contribution in [0.15, 0.2) is 255 Å². The number of hydrogen-bond acceptors (Lipinski definition) is 4.